The van der Waals surface area contributed by atoms with Crippen LogP contribution in [-0.2, 0) is 9.47 Å². The van der Waals surface area contributed by atoms with Crippen LogP contribution in [0.1, 0.15) is 56.5 Å². The van der Waals surface area contributed by atoms with Crippen LogP contribution in [0.15, 0.2) is 16.5 Å². The van der Waals surface area contributed by atoms with Crippen molar-refractivity contribution < 1.29 is 18.7 Å². The Morgan fingerprint density at radius 1 is 1.28 bits per heavy atom. The van der Waals surface area contributed by atoms with Crippen LogP contribution in [0.5, 0.6) is 0 Å². The summed E-state index contributed by atoms with van der Waals surface area (Å²) in [6, 6.07) is 3.35. The highest BCUT2D eigenvalue weighted by molar-refractivity contribution is 5.86. The van der Waals surface area contributed by atoms with Crippen LogP contribution in [0.25, 0.3) is 0 Å². The van der Waals surface area contributed by atoms with Gasteiger partial charge in [-0.1, -0.05) is 13.8 Å². The molecule has 0 aromatic carbocycles. The minimum atomic E-state index is -0.469. The molecule has 18 heavy (non-hydrogen) atoms. The van der Waals surface area contributed by atoms with Gasteiger partial charge in [0.05, 0.1) is 13.2 Å². The first-order valence-corrected chi connectivity index (χ1v) is 6.27. The molecule has 1 rings (SSSR count). The van der Waals surface area contributed by atoms with Crippen LogP contribution in [0.2, 0.25) is 0 Å². The molecule has 0 fully saturated rings. The normalized spacial score (nSPS) is 14.6. The monoisotopic (exact) mass is 254 g/mol. The van der Waals surface area contributed by atoms with Gasteiger partial charge in [-0.25, -0.2) is 4.79 Å². The van der Waals surface area contributed by atoms with Crippen molar-refractivity contribution in [3.05, 3.63) is 23.7 Å². The van der Waals surface area contributed by atoms with Crippen molar-refractivity contribution in [1.29, 1.82) is 0 Å². The highest BCUT2D eigenvalue weighted by Gasteiger charge is 2.18. The maximum Gasteiger partial charge on any atom is 0.373 e. The van der Waals surface area contributed by atoms with Crippen molar-refractivity contribution in [2.75, 3.05) is 7.11 Å². The van der Waals surface area contributed by atoms with Crippen LogP contribution in [-0.4, -0.2) is 19.2 Å². The van der Waals surface area contributed by atoms with Gasteiger partial charge in [0.25, 0.3) is 0 Å². The van der Waals surface area contributed by atoms with Gasteiger partial charge < -0.3 is 13.9 Å². The Bertz CT molecular complexity index is 381. The Labute approximate surface area is 108 Å². The fourth-order valence-electron chi connectivity index (χ4n) is 1.92. The lowest BCUT2D eigenvalue weighted by molar-refractivity contribution is -0.0142. The zero-order valence-corrected chi connectivity index (χ0v) is 11.7. The van der Waals surface area contributed by atoms with Crippen molar-refractivity contribution in [1.82, 2.24) is 0 Å². The molecule has 0 saturated heterocycles. The Kier molecular flexibility index (Phi) is 5.41. The standard InChI is InChI=1S/C14H22O4/c1-9(2)8-10(3)17-11(4)12-6-7-13(18-12)14(15)16-5/h6-7,9-11H,8H2,1-5H3. The molecule has 2 unspecified atom stereocenters. The SMILES string of the molecule is COC(=O)c1ccc(C(C)OC(C)CC(C)C)o1. The number of furan rings is 1. The largest absolute Gasteiger partial charge is 0.463 e. The van der Waals surface area contributed by atoms with Gasteiger partial charge in [0.2, 0.25) is 5.76 Å². The van der Waals surface area contributed by atoms with Crippen LogP contribution in [0.4, 0.5) is 0 Å². The summed E-state index contributed by atoms with van der Waals surface area (Å²) in [5, 5.41) is 0. The lowest BCUT2D eigenvalue weighted by atomic mass is 10.1. The predicted molar refractivity (Wildman–Crippen MR) is 68.5 cm³/mol. The van der Waals surface area contributed by atoms with Crippen molar-refractivity contribution in [3.63, 3.8) is 0 Å². The molecule has 1 aromatic heterocycles. The molecule has 0 bridgehead atoms. The quantitative estimate of drug-likeness (QED) is 0.728. The molecule has 0 aliphatic heterocycles. The van der Waals surface area contributed by atoms with Crippen molar-refractivity contribution in [2.45, 2.75) is 46.3 Å². The van der Waals surface area contributed by atoms with E-state index in [-0.39, 0.29) is 18.0 Å². The summed E-state index contributed by atoms with van der Waals surface area (Å²) >= 11 is 0. The summed E-state index contributed by atoms with van der Waals surface area (Å²) in [5.74, 6) is 0.976. The smallest absolute Gasteiger partial charge is 0.373 e. The predicted octanol–water partition coefficient (Wildman–Crippen LogP) is 3.58. The highest BCUT2D eigenvalue weighted by Crippen LogP contribution is 2.23. The molecule has 0 aliphatic rings. The van der Waals surface area contributed by atoms with E-state index in [9.17, 15) is 4.79 Å². The van der Waals surface area contributed by atoms with Gasteiger partial charge >= 0.3 is 5.97 Å². The van der Waals surface area contributed by atoms with E-state index in [0.717, 1.165) is 6.42 Å². The van der Waals surface area contributed by atoms with E-state index in [0.29, 0.717) is 11.7 Å². The van der Waals surface area contributed by atoms with Crippen LogP contribution in [0.3, 0.4) is 0 Å². The van der Waals surface area contributed by atoms with E-state index in [1.54, 1.807) is 12.1 Å². The zero-order valence-electron chi connectivity index (χ0n) is 11.7. The van der Waals surface area contributed by atoms with E-state index in [2.05, 4.69) is 18.6 Å². The minimum absolute atomic E-state index is 0.159. The maximum absolute atomic E-state index is 11.3. The molecule has 0 saturated carbocycles. The van der Waals surface area contributed by atoms with Crippen molar-refractivity contribution >= 4 is 5.97 Å². The van der Waals surface area contributed by atoms with Crippen LogP contribution in [0, 0.1) is 5.92 Å². The van der Waals surface area contributed by atoms with Gasteiger partial charge in [-0.2, -0.15) is 0 Å². The summed E-state index contributed by atoms with van der Waals surface area (Å²) in [4.78, 5) is 11.3. The molecule has 2 atom stereocenters. The van der Waals surface area contributed by atoms with Crippen LogP contribution < -0.4 is 0 Å². The van der Waals surface area contributed by atoms with Gasteiger partial charge in [-0.15, -0.1) is 0 Å². The maximum atomic E-state index is 11.3. The molecule has 0 radical (unpaired) electrons. The van der Waals surface area contributed by atoms with Gasteiger partial charge in [-0.05, 0) is 38.3 Å². The Hall–Kier alpha value is -1.29. The van der Waals surface area contributed by atoms with Gasteiger partial charge in [0, 0.05) is 0 Å². The lowest BCUT2D eigenvalue weighted by Gasteiger charge is -2.19. The second-order valence-electron chi connectivity index (χ2n) is 4.91. The summed E-state index contributed by atoms with van der Waals surface area (Å²) in [7, 11) is 1.33. The van der Waals surface area contributed by atoms with Crippen molar-refractivity contribution in [3.8, 4) is 0 Å². The van der Waals surface area contributed by atoms with E-state index in [1.165, 1.54) is 7.11 Å². The number of methoxy groups -OCH3 is 1. The highest BCUT2D eigenvalue weighted by atomic mass is 16.5. The first-order chi connectivity index (χ1) is 8.43. The number of hydrogen-bond donors (Lipinski definition) is 0. The zero-order chi connectivity index (χ0) is 13.7. The van der Waals surface area contributed by atoms with Gasteiger partial charge in [0.15, 0.2) is 0 Å². The van der Waals surface area contributed by atoms with E-state index < -0.39 is 5.97 Å². The third kappa shape index (κ3) is 4.18. The fourth-order valence-corrected chi connectivity index (χ4v) is 1.92. The van der Waals surface area contributed by atoms with E-state index in [4.69, 9.17) is 9.15 Å². The molecule has 4 heteroatoms. The van der Waals surface area contributed by atoms with Crippen molar-refractivity contribution in [2.24, 2.45) is 5.92 Å². The minimum Gasteiger partial charge on any atom is -0.463 e. The molecule has 0 aliphatic carbocycles. The summed E-state index contributed by atoms with van der Waals surface area (Å²) in [5.41, 5.74) is 0. The Morgan fingerprint density at radius 3 is 2.50 bits per heavy atom. The van der Waals surface area contributed by atoms with E-state index >= 15 is 0 Å². The molecule has 4 nitrogen and oxygen atoms in total. The third-order valence-electron chi connectivity index (χ3n) is 2.65. The van der Waals surface area contributed by atoms with Gasteiger partial charge in [-0.3, -0.25) is 0 Å². The van der Waals surface area contributed by atoms with Gasteiger partial charge in [0.1, 0.15) is 11.9 Å². The molecule has 102 valence electrons. The first-order valence-electron chi connectivity index (χ1n) is 6.27. The van der Waals surface area contributed by atoms with E-state index in [1.807, 2.05) is 13.8 Å². The third-order valence-corrected chi connectivity index (χ3v) is 2.65. The molecule has 0 spiro atoms. The molecule has 1 heterocycles. The number of esters is 1. The topological polar surface area (TPSA) is 48.7 Å². The molecule has 1 aromatic rings. The summed E-state index contributed by atoms with van der Waals surface area (Å²) in [6.45, 7) is 8.27. The lowest BCUT2D eigenvalue weighted by Crippen LogP contribution is -2.13. The summed E-state index contributed by atoms with van der Waals surface area (Å²) < 4.78 is 15.8. The average molecular weight is 254 g/mol. The second-order valence-corrected chi connectivity index (χ2v) is 4.91. The second kappa shape index (κ2) is 6.59. The number of ether oxygens (including phenoxy) is 2. The van der Waals surface area contributed by atoms with Crippen LogP contribution >= 0.6 is 0 Å². The first kappa shape index (κ1) is 14.8. The Balaban J connectivity index is 2.58. The number of hydrogen-bond acceptors (Lipinski definition) is 4. The molecule has 0 N–H and O–H groups in total. The number of carbonyl (C=O) groups is 1. The number of rotatable bonds is 6. The number of carbonyl (C=O) groups excluding carboxylic acids is 1. The fraction of sp³-hybridized carbons (Fsp3) is 0.643. The molecular weight excluding hydrogens is 232 g/mol. The average Bonchev–Trinajstić information content (AvgIpc) is 2.75. The molecular formula is C14H22O4. The summed E-state index contributed by atoms with van der Waals surface area (Å²) in [6.07, 6.45) is 0.985. The Morgan fingerprint density at radius 2 is 1.94 bits per heavy atom. The molecule has 0 amide bonds.